The van der Waals surface area contributed by atoms with E-state index < -0.39 is 0 Å². The lowest BCUT2D eigenvalue weighted by Crippen LogP contribution is -2.23. The Morgan fingerprint density at radius 2 is 1.68 bits per heavy atom. The SMILES string of the molecule is CCCCCCOc1ccccc1C(=O)Nc1ccc(CC(=O)N(C)C)cc1. The van der Waals surface area contributed by atoms with Crippen LogP contribution in [0.15, 0.2) is 48.5 Å². The first kappa shape index (κ1) is 21.5. The Morgan fingerprint density at radius 3 is 2.36 bits per heavy atom. The van der Waals surface area contributed by atoms with Crippen LogP contribution in [-0.4, -0.2) is 37.4 Å². The molecule has 0 saturated heterocycles. The van der Waals surface area contributed by atoms with E-state index in [1.54, 1.807) is 25.1 Å². The van der Waals surface area contributed by atoms with E-state index >= 15 is 0 Å². The summed E-state index contributed by atoms with van der Waals surface area (Å²) in [6.07, 6.45) is 4.84. The van der Waals surface area contributed by atoms with Crippen molar-refractivity contribution in [2.75, 3.05) is 26.0 Å². The summed E-state index contributed by atoms with van der Waals surface area (Å²) in [5.41, 5.74) is 2.11. The van der Waals surface area contributed by atoms with Gasteiger partial charge in [-0.05, 0) is 36.2 Å². The minimum Gasteiger partial charge on any atom is -0.493 e. The zero-order valence-corrected chi connectivity index (χ0v) is 17.0. The Balaban J connectivity index is 1.96. The molecule has 2 aromatic carbocycles. The summed E-state index contributed by atoms with van der Waals surface area (Å²) in [4.78, 5) is 26.0. The molecule has 2 rings (SSSR count). The third kappa shape index (κ3) is 6.72. The summed E-state index contributed by atoms with van der Waals surface area (Å²) in [7, 11) is 3.47. The number of hydrogen-bond acceptors (Lipinski definition) is 3. The Kier molecular flexibility index (Phi) is 8.53. The van der Waals surface area contributed by atoms with E-state index in [4.69, 9.17) is 4.74 Å². The maximum Gasteiger partial charge on any atom is 0.259 e. The average Bonchev–Trinajstić information content (AvgIpc) is 2.69. The van der Waals surface area contributed by atoms with E-state index in [0.717, 1.165) is 18.4 Å². The highest BCUT2D eigenvalue weighted by atomic mass is 16.5. The molecule has 0 saturated carbocycles. The molecule has 0 unspecified atom stereocenters. The fraction of sp³-hybridized carbons (Fsp3) is 0.391. The molecule has 0 aliphatic heterocycles. The molecule has 0 spiro atoms. The van der Waals surface area contributed by atoms with Gasteiger partial charge in [-0.15, -0.1) is 0 Å². The molecule has 0 aromatic heterocycles. The standard InChI is InChI=1S/C23H30N2O3/c1-4-5-6-9-16-28-21-11-8-7-10-20(21)23(27)24-19-14-12-18(13-15-19)17-22(26)25(2)3/h7-8,10-15H,4-6,9,16-17H2,1-3H3,(H,24,27). The van der Waals surface area contributed by atoms with Crippen molar-refractivity contribution in [3.05, 3.63) is 59.7 Å². The monoisotopic (exact) mass is 382 g/mol. The van der Waals surface area contributed by atoms with Gasteiger partial charge in [0, 0.05) is 19.8 Å². The van der Waals surface area contributed by atoms with E-state index in [2.05, 4.69) is 12.2 Å². The van der Waals surface area contributed by atoms with Crippen LogP contribution in [0.5, 0.6) is 5.75 Å². The second kappa shape index (κ2) is 11.1. The highest BCUT2D eigenvalue weighted by Crippen LogP contribution is 2.20. The Morgan fingerprint density at radius 1 is 0.964 bits per heavy atom. The predicted octanol–water partition coefficient (Wildman–Crippen LogP) is 4.53. The smallest absolute Gasteiger partial charge is 0.259 e. The zero-order valence-electron chi connectivity index (χ0n) is 17.0. The first-order valence-corrected chi connectivity index (χ1v) is 9.83. The first-order valence-electron chi connectivity index (χ1n) is 9.83. The second-order valence-electron chi connectivity index (χ2n) is 7.02. The van der Waals surface area contributed by atoms with Crippen LogP contribution in [0.2, 0.25) is 0 Å². The molecule has 5 nitrogen and oxygen atoms in total. The van der Waals surface area contributed by atoms with Crippen molar-refractivity contribution in [1.82, 2.24) is 4.90 Å². The number of rotatable bonds is 10. The first-order chi connectivity index (χ1) is 13.5. The van der Waals surface area contributed by atoms with Gasteiger partial charge >= 0.3 is 0 Å². The normalized spacial score (nSPS) is 10.4. The summed E-state index contributed by atoms with van der Waals surface area (Å²) in [6, 6.07) is 14.6. The number of likely N-dealkylation sites (N-methyl/N-ethyl adjacent to an activating group) is 1. The number of para-hydroxylation sites is 1. The summed E-state index contributed by atoms with van der Waals surface area (Å²) < 4.78 is 5.82. The maximum atomic E-state index is 12.7. The number of nitrogens with zero attached hydrogens (tertiary/aromatic N) is 1. The quantitative estimate of drug-likeness (QED) is 0.614. The number of unbranched alkanes of at least 4 members (excludes halogenated alkanes) is 3. The van der Waals surface area contributed by atoms with Gasteiger partial charge in [-0.3, -0.25) is 9.59 Å². The minimum absolute atomic E-state index is 0.0433. The Labute approximate surface area is 167 Å². The molecular formula is C23H30N2O3. The topological polar surface area (TPSA) is 58.6 Å². The fourth-order valence-electron chi connectivity index (χ4n) is 2.73. The lowest BCUT2D eigenvalue weighted by atomic mass is 10.1. The summed E-state index contributed by atoms with van der Waals surface area (Å²) in [6.45, 7) is 2.78. The molecule has 5 heteroatoms. The zero-order chi connectivity index (χ0) is 20.4. The van der Waals surface area contributed by atoms with Crippen LogP contribution in [0.4, 0.5) is 5.69 Å². The van der Waals surface area contributed by atoms with Gasteiger partial charge in [0.25, 0.3) is 5.91 Å². The molecule has 0 fully saturated rings. The largest absolute Gasteiger partial charge is 0.493 e. The van der Waals surface area contributed by atoms with Gasteiger partial charge in [0.1, 0.15) is 5.75 Å². The molecular weight excluding hydrogens is 352 g/mol. The summed E-state index contributed by atoms with van der Waals surface area (Å²) in [5.74, 6) is 0.438. The molecule has 2 aromatic rings. The molecule has 0 aliphatic carbocycles. The van der Waals surface area contributed by atoms with Crippen molar-refractivity contribution in [2.45, 2.75) is 39.0 Å². The Bertz CT molecular complexity index is 770. The van der Waals surface area contributed by atoms with Crippen LogP contribution in [-0.2, 0) is 11.2 Å². The molecule has 150 valence electrons. The van der Waals surface area contributed by atoms with Gasteiger partial charge < -0.3 is 15.0 Å². The third-order valence-corrected chi connectivity index (χ3v) is 4.45. The van der Waals surface area contributed by atoms with E-state index in [1.807, 2.05) is 42.5 Å². The van der Waals surface area contributed by atoms with E-state index in [9.17, 15) is 9.59 Å². The highest BCUT2D eigenvalue weighted by Gasteiger charge is 2.13. The molecule has 2 amide bonds. The van der Waals surface area contributed by atoms with Crippen molar-refractivity contribution in [3.8, 4) is 5.75 Å². The molecule has 0 radical (unpaired) electrons. The highest BCUT2D eigenvalue weighted by molar-refractivity contribution is 6.06. The van der Waals surface area contributed by atoms with Crippen LogP contribution in [0.25, 0.3) is 0 Å². The molecule has 0 aliphatic rings. The van der Waals surface area contributed by atoms with Gasteiger partial charge in [0.05, 0.1) is 18.6 Å². The van der Waals surface area contributed by atoms with Gasteiger partial charge in [-0.25, -0.2) is 0 Å². The molecule has 0 heterocycles. The summed E-state index contributed by atoms with van der Waals surface area (Å²) in [5, 5.41) is 2.90. The van der Waals surface area contributed by atoms with Crippen molar-refractivity contribution in [2.24, 2.45) is 0 Å². The van der Waals surface area contributed by atoms with E-state index in [-0.39, 0.29) is 11.8 Å². The van der Waals surface area contributed by atoms with Crippen LogP contribution in [0.1, 0.15) is 48.5 Å². The van der Waals surface area contributed by atoms with Crippen LogP contribution >= 0.6 is 0 Å². The lowest BCUT2D eigenvalue weighted by molar-refractivity contribution is -0.127. The van der Waals surface area contributed by atoms with Crippen molar-refractivity contribution < 1.29 is 14.3 Å². The van der Waals surface area contributed by atoms with E-state index in [0.29, 0.717) is 30.0 Å². The van der Waals surface area contributed by atoms with Gasteiger partial charge in [0.15, 0.2) is 0 Å². The number of nitrogens with one attached hydrogen (secondary N) is 1. The summed E-state index contributed by atoms with van der Waals surface area (Å²) >= 11 is 0. The number of benzene rings is 2. The molecule has 1 N–H and O–H groups in total. The van der Waals surface area contributed by atoms with Gasteiger partial charge in [-0.1, -0.05) is 50.5 Å². The van der Waals surface area contributed by atoms with E-state index in [1.165, 1.54) is 12.8 Å². The minimum atomic E-state index is -0.207. The van der Waals surface area contributed by atoms with Crippen LogP contribution in [0.3, 0.4) is 0 Å². The molecule has 28 heavy (non-hydrogen) atoms. The fourth-order valence-corrected chi connectivity index (χ4v) is 2.73. The van der Waals surface area contributed by atoms with Crippen LogP contribution in [0, 0.1) is 0 Å². The van der Waals surface area contributed by atoms with Crippen molar-refractivity contribution >= 4 is 17.5 Å². The third-order valence-electron chi connectivity index (χ3n) is 4.45. The van der Waals surface area contributed by atoms with Gasteiger partial charge in [0.2, 0.25) is 5.91 Å². The number of carbonyl (C=O) groups excluding carboxylic acids is 2. The number of amides is 2. The van der Waals surface area contributed by atoms with Crippen molar-refractivity contribution in [1.29, 1.82) is 0 Å². The number of carbonyl (C=O) groups is 2. The number of ether oxygens (including phenoxy) is 1. The van der Waals surface area contributed by atoms with Crippen molar-refractivity contribution in [3.63, 3.8) is 0 Å². The van der Waals surface area contributed by atoms with Gasteiger partial charge in [-0.2, -0.15) is 0 Å². The Hall–Kier alpha value is -2.82. The number of hydrogen-bond donors (Lipinski definition) is 1. The predicted molar refractivity (Wildman–Crippen MR) is 113 cm³/mol. The van der Waals surface area contributed by atoms with Crippen LogP contribution < -0.4 is 10.1 Å². The molecule has 0 atom stereocenters. The average molecular weight is 383 g/mol. The lowest BCUT2D eigenvalue weighted by Gasteiger charge is -2.12. The number of anilines is 1. The maximum absolute atomic E-state index is 12.7. The molecule has 0 bridgehead atoms. The second-order valence-corrected chi connectivity index (χ2v) is 7.02.